The molecule has 7 heteroatoms. The molecule has 1 atom stereocenters. The van der Waals surface area contributed by atoms with E-state index in [1.54, 1.807) is 32.3 Å². The fourth-order valence-electron chi connectivity index (χ4n) is 2.54. The molecular weight excluding hydrogens is 290 g/mol. The molecule has 1 heterocycles. The third kappa shape index (κ3) is 3.29. The summed E-state index contributed by atoms with van der Waals surface area (Å²) in [4.78, 5) is 15.3. The van der Waals surface area contributed by atoms with E-state index in [2.05, 4.69) is 0 Å². The zero-order valence-corrected chi connectivity index (χ0v) is 13.4. The van der Waals surface area contributed by atoms with Crippen molar-refractivity contribution >= 4 is 27.1 Å². The summed E-state index contributed by atoms with van der Waals surface area (Å²) in [6.07, 6.45) is 0.608. The van der Waals surface area contributed by atoms with Crippen LogP contribution in [0.25, 0.3) is 0 Å². The molecule has 1 aromatic carbocycles. The number of benzene rings is 1. The highest BCUT2D eigenvalue weighted by Crippen LogP contribution is 2.28. The number of rotatable bonds is 3. The second kappa shape index (κ2) is 5.55. The van der Waals surface area contributed by atoms with Gasteiger partial charge in [0.05, 0.1) is 22.9 Å². The van der Waals surface area contributed by atoms with E-state index in [0.717, 1.165) is 5.69 Å². The summed E-state index contributed by atoms with van der Waals surface area (Å²) in [5.41, 5.74) is 7.79. The molecule has 1 saturated heterocycles. The largest absolute Gasteiger partial charge is 0.397 e. The summed E-state index contributed by atoms with van der Waals surface area (Å²) in [5, 5.41) is 0. The first-order chi connectivity index (χ1) is 9.71. The predicted octanol–water partition coefficient (Wildman–Crippen LogP) is 0.594. The Morgan fingerprint density at radius 1 is 1.29 bits per heavy atom. The van der Waals surface area contributed by atoms with Gasteiger partial charge >= 0.3 is 0 Å². The molecule has 1 aliphatic heterocycles. The molecule has 0 spiro atoms. The van der Waals surface area contributed by atoms with E-state index in [1.165, 1.54) is 4.90 Å². The Kier molecular flexibility index (Phi) is 4.13. The minimum Gasteiger partial charge on any atom is -0.397 e. The molecule has 0 bridgehead atoms. The Hall–Kier alpha value is -1.76. The van der Waals surface area contributed by atoms with Gasteiger partial charge in [-0.05, 0) is 24.6 Å². The molecule has 1 amide bonds. The van der Waals surface area contributed by atoms with Crippen molar-refractivity contribution in [1.82, 2.24) is 4.90 Å². The zero-order valence-electron chi connectivity index (χ0n) is 12.5. The second-order valence-electron chi connectivity index (χ2n) is 5.64. The summed E-state index contributed by atoms with van der Waals surface area (Å²) in [6.45, 7) is 0. The van der Waals surface area contributed by atoms with Crippen LogP contribution in [0.4, 0.5) is 11.4 Å². The lowest BCUT2D eigenvalue weighted by Gasteiger charge is -2.27. The van der Waals surface area contributed by atoms with Crippen molar-refractivity contribution < 1.29 is 13.2 Å². The molecule has 2 N–H and O–H groups in total. The molecule has 2 rings (SSSR count). The molecule has 1 aromatic rings. The highest BCUT2D eigenvalue weighted by molar-refractivity contribution is 7.91. The van der Waals surface area contributed by atoms with Crippen molar-refractivity contribution in [3.8, 4) is 0 Å². The predicted molar refractivity (Wildman–Crippen MR) is 84.3 cm³/mol. The number of carbonyl (C=O) groups is 1. The van der Waals surface area contributed by atoms with Gasteiger partial charge in [0.15, 0.2) is 9.84 Å². The molecule has 1 aliphatic rings. The van der Waals surface area contributed by atoms with Gasteiger partial charge in [-0.25, -0.2) is 8.42 Å². The lowest BCUT2D eigenvalue weighted by Crippen LogP contribution is -2.33. The quantitative estimate of drug-likeness (QED) is 0.826. The van der Waals surface area contributed by atoms with Gasteiger partial charge in [-0.3, -0.25) is 4.79 Å². The fourth-order valence-corrected chi connectivity index (χ4v) is 4.32. The van der Waals surface area contributed by atoms with E-state index >= 15 is 0 Å². The molecular formula is C14H21N3O3S. The van der Waals surface area contributed by atoms with Crippen LogP contribution in [0.2, 0.25) is 0 Å². The molecule has 0 aromatic heterocycles. The van der Waals surface area contributed by atoms with Crippen LogP contribution in [0.15, 0.2) is 18.2 Å². The maximum Gasteiger partial charge on any atom is 0.253 e. The number of amides is 1. The van der Waals surface area contributed by atoms with Crippen LogP contribution in [-0.2, 0) is 9.84 Å². The Balaban J connectivity index is 2.23. The van der Waals surface area contributed by atoms with Gasteiger partial charge in [-0.2, -0.15) is 0 Å². The Labute approximate surface area is 125 Å². The number of nitrogens with two attached hydrogens (primary N) is 1. The van der Waals surface area contributed by atoms with Crippen LogP contribution in [0.1, 0.15) is 16.8 Å². The molecule has 21 heavy (non-hydrogen) atoms. The van der Waals surface area contributed by atoms with E-state index in [0.29, 0.717) is 17.7 Å². The highest BCUT2D eigenvalue weighted by atomic mass is 32.2. The molecule has 1 fully saturated rings. The first kappa shape index (κ1) is 15.6. The molecule has 1 unspecified atom stereocenters. The van der Waals surface area contributed by atoms with Gasteiger partial charge in [0.1, 0.15) is 0 Å². The molecule has 0 radical (unpaired) electrons. The minimum absolute atomic E-state index is 0.0623. The Morgan fingerprint density at radius 2 is 1.95 bits per heavy atom. The SMILES string of the molecule is CN(C)C(=O)c1ccc(N(C)C2CCS(=O)(=O)C2)c(N)c1. The number of anilines is 2. The van der Waals surface area contributed by atoms with Gasteiger partial charge in [0, 0.05) is 32.7 Å². The summed E-state index contributed by atoms with van der Waals surface area (Å²) in [5.74, 6) is 0.264. The molecule has 6 nitrogen and oxygen atoms in total. The number of nitrogens with zero attached hydrogens (tertiary/aromatic N) is 2. The van der Waals surface area contributed by atoms with Crippen LogP contribution >= 0.6 is 0 Å². The highest BCUT2D eigenvalue weighted by Gasteiger charge is 2.31. The first-order valence-corrected chi connectivity index (χ1v) is 8.58. The lowest BCUT2D eigenvalue weighted by molar-refractivity contribution is 0.0827. The van der Waals surface area contributed by atoms with Crippen LogP contribution in [-0.4, -0.2) is 57.9 Å². The van der Waals surface area contributed by atoms with Gasteiger partial charge in [-0.15, -0.1) is 0 Å². The molecule has 0 aliphatic carbocycles. The van der Waals surface area contributed by atoms with E-state index in [1.807, 2.05) is 11.9 Å². The van der Waals surface area contributed by atoms with E-state index in [9.17, 15) is 13.2 Å². The van der Waals surface area contributed by atoms with Crippen LogP contribution in [0.5, 0.6) is 0 Å². The number of nitrogen functional groups attached to an aromatic ring is 1. The standard InChI is InChI=1S/C14H21N3O3S/c1-16(2)14(18)10-4-5-13(12(15)8-10)17(3)11-6-7-21(19,20)9-11/h4-5,8,11H,6-7,9,15H2,1-3H3. The number of hydrogen-bond acceptors (Lipinski definition) is 5. The van der Waals surface area contributed by atoms with Gasteiger partial charge in [0.2, 0.25) is 0 Å². The third-order valence-corrected chi connectivity index (χ3v) is 5.57. The smallest absolute Gasteiger partial charge is 0.253 e. The van der Waals surface area contributed by atoms with Crippen molar-refractivity contribution in [2.24, 2.45) is 0 Å². The normalized spacial score (nSPS) is 20.2. The van der Waals surface area contributed by atoms with Crippen molar-refractivity contribution in [2.75, 3.05) is 43.3 Å². The fraction of sp³-hybridized carbons (Fsp3) is 0.500. The molecule has 0 saturated carbocycles. The van der Waals surface area contributed by atoms with Gasteiger partial charge in [0.25, 0.3) is 5.91 Å². The first-order valence-electron chi connectivity index (χ1n) is 6.76. The third-order valence-electron chi connectivity index (χ3n) is 3.82. The number of hydrogen-bond donors (Lipinski definition) is 1. The molecule has 116 valence electrons. The van der Waals surface area contributed by atoms with E-state index in [4.69, 9.17) is 5.73 Å². The summed E-state index contributed by atoms with van der Waals surface area (Å²) < 4.78 is 23.1. The average molecular weight is 311 g/mol. The zero-order chi connectivity index (χ0) is 15.8. The van der Waals surface area contributed by atoms with Crippen LogP contribution in [0.3, 0.4) is 0 Å². The second-order valence-corrected chi connectivity index (χ2v) is 7.87. The van der Waals surface area contributed by atoms with E-state index in [-0.39, 0.29) is 23.5 Å². The van der Waals surface area contributed by atoms with Crippen LogP contribution in [0, 0.1) is 0 Å². The Morgan fingerprint density at radius 3 is 2.43 bits per heavy atom. The van der Waals surface area contributed by atoms with Gasteiger partial charge < -0.3 is 15.5 Å². The lowest BCUT2D eigenvalue weighted by atomic mass is 10.1. The number of sulfone groups is 1. The van der Waals surface area contributed by atoms with Crippen molar-refractivity contribution in [3.05, 3.63) is 23.8 Å². The monoisotopic (exact) mass is 311 g/mol. The number of carbonyl (C=O) groups excluding carboxylic acids is 1. The van der Waals surface area contributed by atoms with Crippen molar-refractivity contribution in [3.63, 3.8) is 0 Å². The minimum atomic E-state index is -2.94. The van der Waals surface area contributed by atoms with Crippen molar-refractivity contribution in [2.45, 2.75) is 12.5 Å². The van der Waals surface area contributed by atoms with Crippen molar-refractivity contribution in [1.29, 1.82) is 0 Å². The van der Waals surface area contributed by atoms with Gasteiger partial charge in [-0.1, -0.05) is 0 Å². The summed E-state index contributed by atoms with van der Waals surface area (Å²) in [6, 6.07) is 5.07. The Bertz CT molecular complexity index is 655. The van der Waals surface area contributed by atoms with Crippen LogP contribution < -0.4 is 10.6 Å². The van der Waals surface area contributed by atoms with E-state index < -0.39 is 9.84 Å². The summed E-state index contributed by atoms with van der Waals surface area (Å²) >= 11 is 0. The maximum absolute atomic E-state index is 11.9. The maximum atomic E-state index is 11.9. The average Bonchev–Trinajstić information content (AvgIpc) is 2.77. The summed E-state index contributed by atoms with van der Waals surface area (Å²) in [7, 11) is 2.27. The topological polar surface area (TPSA) is 83.7 Å².